The van der Waals surface area contributed by atoms with Gasteiger partial charge in [-0.1, -0.05) is 5.21 Å². The van der Waals surface area contributed by atoms with Crippen molar-refractivity contribution >= 4 is 0 Å². The SMILES string of the molecule is CC1(C)NC(C)(C)n2nncc21. The van der Waals surface area contributed by atoms with Crippen LogP contribution in [0.4, 0.5) is 0 Å². The van der Waals surface area contributed by atoms with Crippen molar-refractivity contribution in [3.63, 3.8) is 0 Å². The van der Waals surface area contributed by atoms with E-state index >= 15 is 0 Å². The molecule has 2 heterocycles. The summed E-state index contributed by atoms with van der Waals surface area (Å²) in [5.41, 5.74) is 1.01. The second-order valence-electron chi connectivity index (χ2n) is 4.34. The topological polar surface area (TPSA) is 42.7 Å². The van der Waals surface area contributed by atoms with E-state index in [1.54, 1.807) is 0 Å². The van der Waals surface area contributed by atoms with Gasteiger partial charge in [0.15, 0.2) is 0 Å². The van der Waals surface area contributed by atoms with Gasteiger partial charge in [-0.3, -0.25) is 5.32 Å². The van der Waals surface area contributed by atoms with Crippen molar-refractivity contribution < 1.29 is 0 Å². The lowest BCUT2D eigenvalue weighted by atomic mass is 10.0. The Hall–Kier alpha value is -0.900. The monoisotopic (exact) mass is 166 g/mol. The van der Waals surface area contributed by atoms with Crippen LogP contribution in [0.5, 0.6) is 0 Å². The molecular formula is C8H14N4. The zero-order valence-corrected chi connectivity index (χ0v) is 7.92. The van der Waals surface area contributed by atoms with E-state index in [0.29, 0.717) is 0 Å². The van der Waals surface area contributed by atoms with Gasteiger partial charge >= 0.3 is 0 Å². The molecule has 1 aromatic heterocycles. The fourth-order valence-corrected chi connectivity index (χ4v) is 1.96. The normalized spacial score (nSPS) is 24.0. The van der Waals surface area contributed by atoms with E-state index in [1.165, 1.54) is 0 Å². The molecule has 0 bridgehead atoms. The molecule has 0 fully saturated rings. The summed E-state index contributed by atoms with van der Waals surface area (Å²) in [5, 5.41) is 11.4. The molecule has 66 valence electrons. The summed E-state index contributed by atoms with van der Waals surface area (Å²) in [5.74, 6) is 0. The minimum absolute atomic E-state index is 0.0208. The minimum atomic E-state index is -0.116. The van der Waals surface area contributed by atoms with Crippen LogP contribution in [-0.2, 0) is 11.2 Å². The van der Waals surface area contributed by atoms with Crippen LogP contribution in [0.25, 0.3) is 0 Å². The maximum absolute atomic E-state index is 4.05. The molecule has 1 N–H and O–H groups in total. The molecular weight excluding hydrogens is 152 g/mol. The molecule has 0 atom stereocenters. The van der Waals surface area contributed by atoms with Gasteiger partial charge < -0.3 is 0 Å². The molecule has 1 aliphatic rings. The number of fused-ring (bicyclic) bond motifs is 1. The molecule has 0 amide bonds. The van der Waals surface area contributed by atoms with Gasteiger partial charge in [-0.25, -0.2) is 4.68 Å². The zero-order valence-electron chi connectivity index (χ0n) is 7.92. The van der Waals surface area contributed by atoms with Gasteiger partial charge in [0.05, 0.1) is 17.4 Å². The predicted molar refractivity (Wildman–Crippen MR) is 45.5 cm³/mol. The Morgan fingerprint density at radius 1 is 1.33 bits per heavy atom. The summed E-state index contributed by atoms with van der Waals surface area (Å²) in [6.45, 7) is 8.47. The second-order valence-corrected chi connectivity index (χ2v) is 4.34. The molecule has 0 saturated heterocycles. The highest BCUT2D eigenvalue weighted by atomic mass is 15.5. The molecule has 0 radical (unpaired) electrons. The molecule has 2 rings (SSSR count). The Bertz CT molecular complexity index is 282. The van der Waals surface area contributed by atoms with Crippen LogP contribution in [0.3, 0.4) is 0 Å². The van der Waals surface area contributed by atoms with Crippen LogP contribution < -0.4 is 5.32 Å². The summed E-state index contributed by atoms with van der Waals surface area (Å²) in [7, 11) is 0. The first-order chi connectivity index (χ1) is 5.43. The van der Waals surface area contributed by atoms with Crippen LogP contribution in [0.1, 0.15) is 33.4 Å². The highest BCUT2D eigenvalue weighted by Gasteiger charge is 2.42. The minimum Gasteiger partial charge on any atom is -0.283 e. The largest absolute Gasteiger partial charge is 0.283 e. The lowest BCUT2D eigenvalue weighted by molar-refractivity contribution is 0.241. The van der Waals surface area contributed by atoms with Crippen molar-refractivity contribution in [1.82, 2.24) is 20.3 Å². The molecule has 0 unspecified atom stereocenters. The van der Waals surface area contributed by atoms with E-state index in [1.807, 2.05) is 10.9 Å². The predicted octanol–water partition coefficient (Wildman–Crippen LogP) is 0.809. The number of aromatic nitrogens is 3. The van der Waals surface area contributed by atoms with Crippen molar-refractivity contribution in [1.29, 1.82) is 0 Å². The van der Waals surface area contributed by atoms with E-state index in [-0.39, 0.29) is 11.2 Å². The summed E-state index contributed by atoms with van der Waals surface area (Å²) in [6, 6.07) is 0. The quantitative estimate of drug-likeness (QED) is 0.620. The summed E-state index contributed by atoms with van der Waals surface area (Å²) in [6.07, 6.45) is 1.82. The molecule has 0 aliphatic carbocycles. The van der Waals surface area contributed by atoms with Crippen LogP contribution in [0.15, 0.2) is 6.20 Å². The fourth-order valence-electron chi connectivity index (χ4n) is 1.96. The number of nitrogens with one attached hydrogen (secondary N) is 1. The molecule has 0 aromatic carbocycles. The number of hydrogen-bond acceptors (Lipinski definition) is 3. The highest BCUT2D eigenvalue weighted by molar-refractivity contribution is 5.16. The van der Waals surface area contributed by atoms with Crippen molar-refractivity contribution in [2.24, 2.45) is 0 Å². The Kier molecular flexibility index (Phi) is 1.21. The zero-order chi connectivity index (χ0) is 8.98. The molecule has 4 nitrogen and oxygen atoms in total. The van der Waals surface area contributed by atoms with Gasteiger partial charge in [-0.15, -0.1) is 5.10 Å². The second kappa shape index (κ2) is 1.88. The molecule has 0 saturated carbocycles. The third-order valence-electron chi connectivity index (χ3n) is 2.34. The lowest BCUT2D eigenvalue weighted by Gasteiger charge is -2.24. The average Bonchev–Trinajstić information content (AvgIpc) is 2.34. The van der Waals surface area contributed by atoms with E-state index < -0.39 is 0 Å². The first-order valence-corrected chi connectivity index (χ1v) is 4.14. The van der Waals surface area contributed by atoms with Gasteiger partial charge in [0.25, 0.3) is 0 Å². The smallest absolute Gasteiger partial charge is 0.109 e. The number of rotatable bonds is 0. The van der Waals surface area contributed by atoms with Gasteiger partial charge in [0.2, 0.25) is 0 Å². The standard InChI is InChI=1S/C8H14N4/c1-7(2)6-5-9-11-12(6)8(3,4)10-7/h5,10H,1-4H3. The van der Waals surface area contributed by atoms with Gasteiger partial charge in [0, 0.05) is 0 Å². The number of nitrogens with zero attached hydrogens (tertiary/aromatic N) is 3. The fraction of sp³-hybridized carbons (Fsp3) is 0.750. The summed E-state index contributed by atoms with van der Waals surface area (Å²) in [4.78, 5) is 0. The van der Waals surface area contributed by atoms with E-state index in [0.717, 1.165) is 5.69 Å². The number of hydrogen-bond donors (Lipinski definition) is 1. The van der Waals surface area contributed by atoms with Crippen LogP contribution in [0.2, 0.25) is 0 Å². The van der Waals surface area contributed by atoms with Crippen LogP contribution in [-0.4, -0.2) is 15.0 Å². The van der Waals surface area contributed by atoms with E-state index in [2.05, 4.69) is 43.3 Å². The Labute approximate surface area is 72.0 Å². The van der Waals surface area contributed by atoms with Gasteiger partial charge in [-0.2, -0.15) is 0 Å². The van der Waals surface area contributed by atoms with E-state index in [9.17, 15) is 0 Å². The molecule has 12 heavy (non-hydrogen) atoms. The first kappa shape index (κ1) is 7.73. The van der Waals surface area contributed by atoms with Gasteiger partial charge in [-0.05, 0) is 27.7 Å². The highest BCUT2D eigenvalue weighted by Crippen LogP contribution is 2.32. The van der Waals surface area contributed by atoms with Crippen molar-refractivity contribution in [2.75, 3.05) is 0 Å². The van der Waals surface area contributed by atoms with Crippen LogP contribution in [0, 0.1) is 0 Å². The lowest BCUT2D eigenvalue weighted by Crippen LogP contribution is -2.42. The summed E-state index contributed by atoms with van der Waals surface area (Å²) >= 11 is 0. The molecule has 0 spiro atoms. The molecule has 4 heteroatoms. The molecule has 1 aromatic rings. The Morgan fingerprint density at radius 3 is 2.58 bits per heavy atom. The Balaban J connectivity index is 2.60. The van der Waals surface area contributed by atoms with Crippen molar-refractivity contribution in [2.45, 2.75) is 38.9 Å². The first-order valence-electron chi connectivity index (χ1n) is 4.14. The van der Waals surface area contributed by atoms with Crippen LogP contribution >= 0.6 is 0 Å². The maximum Gasteiger partial charge on any atom is 0.109 e. The van der Waals surface area contributed by atoms with Gasteiger partial charge in [0.1, 0.15) is 5.66 Å². The van der Waals surface area contributed by atoms with Crippen molar-refractivity contribution in [3.05, 3.63) is 11.9 Å². The molecule has 1 aliphatic heterocycles. The third-order valence-corrected chi connectivity index (χ3v) is 2.34. The Morgan fingerprint density at radius 2 is 2.00 bits per heavy atom. The maximum atomic E-state index is 4.05. The van der Waals surface area contributed by atoms with E-state index in [4.69, 9.17) is 0 Å². The van der Waals surface area contributed by atoms with Crippen molar-refractivity contribution in [3.8, 4) is 0 Å². The average molecular weight is 166 g/mol. The third kappa shape index (κ3) is 0.813. The summed E-state index contributed by atoms with van der Waals surface area (Å²) < 4.78 is 1.94.